The van der Waals surface area contributed by atoms with Gasteiger partial charge < -0.3 is 10.4 Å². The van der Waals surface area contributed by atoms with Crippen LogP contribution in [0.25, 0.3) is 0 Å². The van der Waals surface area contributed by atoms with Crippen LogP contribution in [0, 0.1) is 3.57 Å². The maximum absolute atomic E-state index is 12.0. The lowest BCUT2D eigenvalue weighted by Crippen LogP contribution is -2.13. The minimum absolute atomic E-state index is 0.102. The van der Waals surface area contributed by atoms with Crippen LogP contribution in [-0.2, 0) is 0 Å². The van der Waals surface area contributed by atoms with Gasteiger partial charge in [-0.05, 0) is 52.2 Å². The Labute approximate surface area is 131 Å². The van der Waals surface area contributed by atoms with E-state index in [9.17, 15) is 9.59 Å². The summed E-state index contributed by atoms with van der Waals surface area (Å²) in [6, 6.07) is 6.46. The summed E-state index contributed by atoms with van der Waals surface area (Å²) in [5, 5.41) is 13.6. The zero-order valence-corrected chi connectivity index (χ0v) is 13.0. The molecule has 0 bridgehead atoms. The van der Waals surface area contributed by atoms with Crippen LogP contribution in [0.15, 0.2) is 29.6 Å². The molecule has 0 unspecified atom stereocenters. The fourth-order valence-corrected chi connectivity index (χ4v) is 2.61. The Morgan fingerprint density at radius 1 is 1.32 bits per heavy atom. The molecular formula is C12H7ClINO3S. The molecule has 2 aromatic rings. The topological polar surface area (TPSA) is 66.4 Å². The van der Waals surface area contributed by atoms with Gasteiger partial charge in [0, 0.05) is 9.13 Å². The number of carboxylic acids is 1. The van der Waals surface area contributed by atoms with Crippen LogP contribution in [0.5, 0.6) is 0 Å². The van der Waals surface area contributed by atoms with Crippen molar-refractivity contribution in [3.63, 3.8) is 0 Å². The van der Waals surface area contributed by atoms with Crippen molar-refractivity contribution in [3.05, 3.63) is 48.7 Å². The molecule has 0 saturated heterocycles. The van der Waals surface area contributed by atoms with Crippen LogP contribution in [0.1, 0.15) is 20.0 Å². The zero-order valence-electron chi connectivity index (χ0n) is 9.31. The van der Waals surface area contributed by atoms with E-state index < -0.39 is 5.97 Å². The number of benzene rings is 1. The maximum atomic E-state index is 12.0. The van der Waals surface area contributed by atoms with Gasteiger partial charge in [0.25, 0.3) is 5.91 Å². The maximum Gasteiger partial charge on any atom is 0.348 e. The number of hydrogen-bond donors (Lipinski definition) is 2. The monoisotopic (exact) mass is 407 g/mol. The van der Waals surface area contributed by atoms with E-state index in [0.717, 1.165) is 14.9 Å². The van der Waals surface area contributed by atoms with Gasteiger partial charge >= 0.3 is 5.97 Å². The van der Waals surface area contributed by atoms with Crippen molar-refractivity contribution in [2.45, 2.75) is 0 Å². The molecular weight excluding hydrogens is 401 g/mol. The molecule has 1 aromatic heterocycles. The van der Waals surface area contributed by atoms with Crippen molar-refractivity contribution in [2.75, 3.05) is 5.32 Å². The van der Waals surface area contributed by atoms with Crippen molar-refractivity contribution < 1.29 is 14.7 Å². The van der Waals surface area contributed by atoms with Crippen molar-refractivity contribution >= 4 is 63.1 Å². The average molecular weight is 408 g/mol. The van der Waals surface area contributed by atoms with Gasteiger partial charge in [-0.1, -0.05) is 11.6 Å². The fraction of sp³-hybridized carbons (Fsp3) is 0. The minimum Gasteiger partial charge on any atom is -0.477 e. The number of hydrogen-bond acceptors (Lipinski definition) is 3. The Hall–Kier alpha value is -1.12. The molecule has 1 aromatic carbocycles. The number of anilines is 1. The first-order chi connectivity index (χ1) is 8.99. The molecule has 98 valence electrons. The van der Waals surface area contributed by atoms with Crippen LogP contribution in [0.2, 0.25) is 5.02 Å². The predicted molar refractivity (Wildman–Crippen MR) is 83.4 cm³/mol. The van der Waals surface area contributed by atoms with Crippen LogP contribution < -0.4 is 5.32 Å². The third-order valence-electron chi connectivity index (χ3n) is 2.29. The number of amides is 1. The molecule has 0 aliphatic rings. The Balaban J connectivity index is 2.23. The summed E-state index contributed by atoms with van der Waals surface area (Å²) < 4.78 is 0.845. The standard InChI is InChI=1S/C12H7ClINO3S/c13-7-5-6(1-2-8(7)14)11(16)15-9-3-4-19-10(9)12(17)18/h1-5H,(H,15,16)(H,17,18). The second-order valence-electron chi connectivity index (χ2n) is 3.55. The molecule has 2 rings (SSSR count). The molecule has 2 N–H and O–H groups in total. The zero-order chi connectivity index (χ0) is 14.0. The lowest BCUT2D eigenvalue weighted by molar-refractivity contribution is 0.0703. The molecule has 0 atom stereocenters. The highest BCUT2D eigenvalue weighted by Crippen LogP contribution is 2.24. The van der Waals surface area contributed by atoms with E-state index in [-0.39, 0.29) is 16.5 Å². The van der Waals surface area contributed by atoms with E-state index in [0.29, 0.717) is 10.6 Å². The Kier molecular flexibility index (Phi) is 4.43. The summed E-state index contributed by atoms with van der Waals surface area (Å²) >= 11 is 9.06. The number of carbonyl (C=O) groups is 2. The SMILES string of the molecule is O=C(Nc1ccsc1C(=O)O)c1ccc(I)c(Cl)c1. The van der Waals surface area contributed by atoms with Gasteiger partial charge in [-0.3, -0.25) is 4.79 Å². The van der Waals surface area contributed by atoms with Gasteiger partial charge in [0.05, 0.1) is 10.7 Å². The number of thiophene rings is 1. The molecule has 0 spiro atoms. The van der Waals surface area contributed by atoms with Gasteiger partial charge in [-0.25, -0.2) is 4.79 Å². The van der Waals surface area contributed by atoms with Crippen LogP contribution in [0.3, 0.4) is 0 Å². The van der Waals surface area contributed by atoms with Gasteiger partial charge in [0.15, 0.2) is 0 Å². The number of carbonyl (C=O) groups excluding carboxylic acids is 1. The number of rotatable bonds is 3. The molecule has 19 heavy (non-hydrogen) atoms. The van der Waals surface area contributed by atoms with Crippen LogP contribution >= 0.6 is 45.5 Å². The van der Waals surface area contributed by atoms with Gasteiger partial charge in [-0.2, -0.15) is 0 Å². The minimum atomic E-state index is -1.06. The summed E-state index contributed by atoms with van der Waals surface area (Å²) in [7, 11) is 0. The first-order valence-corrected chi connectivity index (χ1v) is 7.40. The van der Waals surface area contributed by atoms with E-state index >= 15 is 0 Å². The summed E-state index contributed by atoms with van der Waals surface area (Å²) in [4.78, 5) is 23.0. The largest absolute Gasteiger partial charge is 0.477 e. The first-order valence-electron chi connectivity index (χ1n) is 5.06. The van der Waals surface area contributed by atoms with Gasteiger partial charge in [0.2, 0.25) is 0 Å². The lowest BCUT2D eigenvalue weighted by atomic mass is 10.2. The Bertz CT molecular complexity index is 656. The highest BCUT2D eigenvalue weighted by Gasteiger charge is 2.15. The van der Waals surface area contributed by atoms with E-state index in [1.807, 2.05) is 0 Å². The van der Waals surface area contributed by atoms with Crippen LogP contribution in [-0.4, -0.2) is 17.0 Å². The molecule has 0 fully saturated rings. The summed E-state index contributed by atoms with van der Waals surface area (Å²) in [5.74, 6) is -1.45. The van der Waals surface area contributed by atoms with E-state index in [4.69, 9.17) is 16.7 Å². The van der Waals surface area contributed by atoms with Gasteiger partial charge in [0.1, 0.15) is 4.88 Å². The normalized spacial score (nSPS) is 10.2. The fourth-order valence-electron chi connectivity index (χ4n) is 1.41. The molecule has 0 saturated carbocycles. The first kappa shape index (κ1) is 14.3. The summed E-state index contributed by atoms with van der Waals surface area (Å²) in [6.45, 7) is 0. The van der Waals surface area contributed by atoms with Crippen molar-refractivity contribution in [3.8, 4) is 0 Å². The van der Waals surface area contributed by atoms with Gasteiger partial charge in [-0.15, -0.1) is 11.3 Å². The number of aromatic carboxylic acids is 1. The Morgan fingerprint density at radius 3 is 2.68 bits per heavy atom. The number of carboxylic acid groups (broad SMARTS) is 1. The molecule has 1 amide bonds. The lowest BCUT2D eigenvalue weighted by Gasteiger charge is -2.05. The van der Waals surface area contributed by atoms with E-state index in [1.54, 1.807) is 29.6 Å². The second-order valence-corrected chi connectivity index (χ2v) is 6.04. The summed E-state index contributed by atoms with van der Waals surface area (Å²) in [5.41, 5.74) is 0.671. The third-order valence-corrected chi connectivity index (χ3v) is 4.76. The van der Waals surface area contributed by atoms with E-state index in [1.165, 1.54) is 0 Å². The molecule has 7 heteroatoms. The summed E-state index contributed by atoms with van der Waals surface area (Å²) in [6.07, 6.45) is 0. The molecule has 4 nitrogen and oxygen atoms in total. The quantitative estimate of drug-likeness (QED) is 0.757. The van der Waals surface area contributed by atoms with Crippen molar-refractivity contribution in [1.82, 2.24) is 0 Å². The predicted octanol–water partition coefficient (Wildman–Crippen LogP) is 3.96. The average Bonchev–Trinajstić information content (AvgIpc) is 2.80. The number of halogens is 2. The molecule has 0 radical (unpaired) electrons. The molecule has 1 heterocycles. The Morgan fingerprint density at radius 2 is 2.05 bits per heavy atom. The van der Waals surface area contributed by atoms with Crippen LogP contribution in [0.4, 0.5) is 5.69 Å². The van der Waals surface area contributed by atoms with Crippen molar-refractivity contribution in [2.24, 2.45) is 0 Å². The highest BCUT2D eigenvalue weighted by molar-refractivity contribution is 14.1. The number of nitrogens with one attached hydrogen (secondary N) is 1. The smallest absolute Gasteiger partial charge is 0.348 e. The highest BCUT2D eigenvalue weighted by atomic mass is 127. The van der Waals surface area contributed by atoms with E-state index in [2.05, 4.69) is 27.9 Å². The third kappa shape index (κ3) is 3.26. The second kappa shape index (κ2) is 5.89. The molecule has 0 aliphatic heterocycles. The van der Waals surface area contributed by atoms with Crippen molar-refractivity contribution in [1.29, 1.82) is 0 Å². The molecule has 0 aliphatic carbocycles.